The smallest absolute Gasteiger partial charge is 0.130 e. The van der Waals surface area contributed by atoms with Crippen LogP contribution in [0.1, 0.15) is 17.0 Å². The van der Waals surface area contributed by atoms with Crippen LogP contribution >= 0.6 is 0 Å². The molecule has 0 aliphatic heterocycles. The topological polar surface area (TPSA) is 47.0 Å². The van der Waals surface area contributed by atoms with Crippen LogP contribution in [0.25, 0.3) is 11.3 Å². The predicted molar refractivity (Wildman–Crippen MR) is 77.8 cm³/mol. The fourth-order valence-corrected chi connectivity index (χ4v) is 2.12. The Labute approximate surface area is 113 Å². The molecule has 19 heavy (non-hydrogen) atoms. The third-order valence-corrected chi connectivity index (χ3v) is 3.11. The second-order valence-electron chi connectivity index (χ2n) is 4.57. The monoisotopic (exact) mass is 257 g/mol. The van der Waals surface area contributed by atoms with E-state index in [1.807, 2.05) is 33.0 Å². The van der Waals surface area contributed by atoms with Gasteiger partial charge in [-0.1, -0.05) is 0 Å². The van der Waals surface area contributed by atoms with Gasteiger partial charge in [0.2, 0.25) is 0 Å². The van der Waals surface area contributed by atoms with Gasteiger partial charge in [0, 0.05) is 18.7 Å². The number of nitrogens with zero attached hydrogens (tertiary/aromatic N) is 2. The molecule has 2 aromatic rings. The van der Waals surface area contributed by atoms with E-state index in [0.29, 0.717) is 0 Å². The minimum absolute atomic E-state index is 0.759. The fourth-order valence-electron chi connectivity index (χ4n) is 2.12. The van der Waals surface area contributed by atoms with Gasteiger partial charge in [-0.2, -0.15) is 0 Å². The molecule has 0 saturated heterocycles. The van der Waals surface area contributed by atoms with Crippen molar-refractivity contribution in [3.63, 3.8) is 0 Å². The van der Waals surface area contributed by atoms with Gasteiger partial charge in [0.25, 0.3) is 0 Å². The van der Waals surface area contributed by atoms with Gasteiger partial charge in [0.05, 0.1) is 12.8 Å². The molecule has 0 bridgehead atoms. The molecule has 0 amide bonds. The molecule has 1 N–H and O–H groups in total. The van der Waals surface area contributed by atoms with E-state index in [1.54, 1.807) is 7.11 Å². The lowest BCUT2D eigenvalue weighted by Crippen LogP contribution is -1.99. The lowest BCUT2D eigenvalue weighted by atomic mass is 10.0. The Kier molecular flexibility index (Phi) is 3.69. The number of nitrogens with one attached hydrogen (secondary N) is 1. The van der Waals surface area contributed by atoms with Crippen LogP contribution in [-0.4, -0.2) is 24.1 Å². The Morgan fingerprint density at radius 1 is 1.00 bits per heavy atom. The molecule has 0 radical (unpaired) electrons. The molecule has 0 spiro atoms. The summed E-state index contributed by atoms with van der Waals surface area (Å²) in [5, 5.41) is 3.06. The summed E-state index contributed by atoms with van der Waals surface area (Å²) in [4.78, 5) is 8.83. The van der Waals surface area contributed by atoms with Crippen molar-refractivity contribution in [2.75, 3.05) is 19.5 Å². The van der Waals surface area contributed by atoms with E-state index in [1.165, 1.54) is 0 Å². The largest absolute Gasteiger partial charge is 0.496 e. The van der Waals surface area contributed by atoms with Crippen molar-refractivity contribution in [1.29, 1.82) is 0 Å². The lowest BCUT2D eigenvalue weighted by molar-refractivity contribution is 0.411. The van der Waals surface area contributed by atoms with E-state index in [2.05, 4.69) is 28.3 Å². The first-order valence-corrected chi connectivity index (χ1v) is 6.24. The van der Waals surface area contributed by atoms with Crippen molar-refractivity contribution in [3.8, 4) is 17.0 Å². The van der Waals surface area contributed by atoms with Crippen molar-refractivity contribution < 1.29 is 4.74 Å². The number of benzene rings is 1. The standard InChI is InChI=1S/C15H19N3O/c1-9-7-14(19-5)10(2)6-12(9)13-8-15(16-4)18-11(3)17-13/h6-8H,1-5H3,(H,16,17,18). The quantitative estimate of drug-likeness (QED) is 0.917. The number of aryl methyl sites for hydroxylation is 3. The molecule has 0 fully saturated rings. The summed E-state index contributed by atoms with van der Waals surface area (Å²) >= 11 is 0. The number of hydrogen-bond acceptors (Lipinski definition) is 4. The maximum atomic E-state index is 5.34. The van der Waals surface area contributed by atoms with Crippen LogP contribution in [-0.2, 0) is 0 Å². The summed E-state index contributed by atoms with van der Waals surface area (Å²) < 4.78 is 5.34. The van der Waals surface area contributed by atoms with Gasteiger partial charge in [-0.15, -0.1) is 0 Å². The lowest BCUT2D eigenvalue weighted by Gasteiger charge is -2.12. The molecule has 0 unspecified atom stereocenters. The highest BCUT2D eigenvalue weighted by atomic mass is 16.5. The molecule has 1 aromatic carbocycles. The molecule has 2 rings (SSSR count). The average Bonchev–Trinajstić information content (AvgIpc) is 2.40. The molecular formula is C15H19N3O. The Hall–Kier alpha value is -2.10. The van der Waals surface area contributed by atoms with Gasteiger partial charge in [-0.05, 0) is 44.0 Å². The Morgan fingerprint density at radius 2 is 1.74 bits per heavy atom. The van der Waals surface area contributed by atoms with Gasteiger partial charge in [0.1, 0.15) is 17.4 Å². The maximum absolute atomic E-state index is 5.34. The SMILES string of the molecule is CNc1cc(-c2cc(C)c(OC)cc2C)nc(C)n1. The van der Waals surface area contributed by atoms with Gasteiger partial charge in [-0.25, -0.2) is 9.97 Å². The average molecular weight is 257 g/mol. The number of hydrogen-bond donors (Lipinski definition) is 1. The van der Waals surface area contributed by atoms with E-state index in [0.717, 1.165) is 39.8 Å². The van der Waals surface area contributed by atoms with E-state index in [4.69, 9.17) is 4.74 Å². The van der Waals surface area contributed by atoms with Crippen LogP contribution in [0.2, 0.25) is 0 Å². The number of methoxy groups -OCH3 is 1. The number of ether oxygens (including phenoxy) is 1. The number of anilines is 1. The van der Waals surface area contributed by atoms with E-state index < -0.39 is 0 Å². The molecule has 0 aliphatic rings. The highest BCUT2D eigenvalue weighted by Crippen LogP contribution is 2.29. The van der Waals surface area contributed by atoms with Gasteiger partial charge in [0.15, 0.2) is 0 Å². The van der Waals surface area contributed by atoms with Crippen LogP contribution in [0.5, 0.6) is 5.75 Å². The minimum atomic E-state index is 0.759. The van der Waals surface area contributed by atoms with E-state index >= 15 is 0 Å². The molecule has 1 aromatic heterocycles. The van der Waals surface area contributed by atoms with Crippen LogP contribution < -0.4 is 10.1 Å². The zero-order valence-corrected chi connectivity index (χ0v) is 12.0. The van der Waals surface area contributed by atoms with E-state index in [-0.39, 0.29) is 0 Å². The normalized spacial score (nSPS) is 10.4. The summed E-state index contributed by atoms with van der Waals surface area (Å²) in [6, 6.07) is 6.11. The van der Waals surface area contributed by atoms with Crippen LogP contribution in [0.3, 0.4) is 0 Å². The summed E-state index contributed by atoms with van der Waals surface area (Å²) in [6.45, 7) is 6.00. The van der Waals surface area contributed by atoms with Crippen LogP contribution in [0.4, 0.5) is 5.82 Å². The zero-order chi connectivity index (χ0) is 14.0. The second-order valence-corrected chi connectivity index (χ2v) is 4.57. The molecule has 4 heteroatoms. The first-order chi connectivity index (χ1) is 9.05. The van der Waals surface area contributed by atoms with Crippen molar-refractivity contribution in [2.45, 2.75) is 20.8 Å². The molecule has 1 heterocycles. The molecule has 4 nitrogen and oxygen atoms in total. The highest BCUT2D eigenvalue weighted by molar-refractivity contribution is 5.68. The van der Waals surface area contributed by atoms with Gasteiger partial charge < -0.3 is 10.1 Å². The van der Waals surface area contributed by atoms with Gasteiger partial charge in [-0.3, -0.25) is 0 Å². The summed E-state index contributed by atoms with van der Waals surface area (Å²) in [5.74, 6) is 2.49. The summed E-state index contributed by atoms with van der Waals surface area (Å²) in [7, 11) is 3.55. The van der Waals surface area contributed by atoms with Gasteiger partial charge >= 0.3 is 0 Å². The molecule has 100 valence electrons. The summed E-state index contributed by atoms with van der Waals surface area (Å²) in [5.41, 5.74) is 4.29. The third kappa shape index (κ3) is 2.67. The van der Waals surface area contributed by atoms with Crippen molar-refractivity contribution in [2.24, 2.45) is 0 Å². The zero-order valence-electron chi connectivity index (χ0n) is 12.0. The summed E-state index contributed by atoms with van der Waals surface area (Å²) in [6.07, 6.45) is 0. The number of rotatable bonds is 3. The maximum Gasteiger partial charge on any atom is 0.130 e. The van der Waals surface area contributed by atoms with Crippen molar-refractivity contribution in [3.05, 3.63) is 35.2 Å². The van der Waals surface area contributed by atoms with E-state index in [9.17, 15) is 0 Å². The molecule has 0 saturated carbocycles. The van der Waals surface area contributed by atoms with Crippen LogP contribution in [0.15, 0.2) is 18.2 Å². The molecule has 0 aliphatic carbocycles. The predicted octanol–water partition coefficient (Wildman–Crippen LogP) is 3.12. The Bertz CT molecular complexity index is 609. The third-order valence-electron chi connectivity index (χ3n) is 3.11. The Balaban J connectivity index is 2.58. The van der Waals surface area contributed by atoms with Crippen molar-refractivity contribution >= 4 is 5.82 Å². The minimum Gasteiger partial charge on any atom is -0.496 e. The van der Waals surface area contributed by atoms with Crippen molar-refractivity contribution in [1.82, 2.24) is 9.97 Å². The Morgan fingerprint density at radius 3 is 2.37 bits per heavy atom. The second kappa shape index (κ2) is 5.26. The fraction of sp³-hybridized carbons (Fsp3) is 0.333. The highest BCUT2D eigenvalue weighted by Gasteiger charge is 2.10. The first kappa shape index (κ1) is 13.3. The first-order valence-electron chi connectivity index (χ1n) is 6.24. The molecule has 0 atom stereocenters. The number of aromatic nitrogens is 2. The molecular weight excluding hydrogens is 238 g/mol. The van der Waals surface area contributed by atoms with Crippen LogP contribution in [0, 0.1) is 20.8 Å².